The molecule has 0 amide bonds. The molecule has 0 aromatic heterocycles. The molecule has 0 atom stereocenters. The van der Waals surface area contributed by atoms with Crippen molar-refractivity contribution in [1.82, 2.24) is 0 Å². The monoisotopic (exact) mass is 424 g/mol. The van der Waals surface area contributed by atoms with Gasteiger partial charge in [0.1, 0.15) is 17.7 Å². The number of ketones is 1. The first-order valence-electron chi connectivity index (χ1n) is 8.45. The molecule has 5 nitrogen and oxygen atoms in total. The van der Waals surface area contributed by atoms with Gasteiger partial charge < -0.3 is 5.11 Å². The number of hydrogen-bond donors (Lipinski definition) is 1. The second-order valence-corrected chi connectivity index (χ2v) is 6.71. The van der Waals surface area contributed by atoms with E-state index in [9.17, 15) is 14.7 Å². The topological polar surface area (TPSA) is 79.1 Å². The Balaban J connectivity index is 1.82. The van der Waals surface area contributed by atoms with Crippen molar-refractivity contribution in [2.24, 2.45) is 10.2 Å². The minimum absolute atomic E-state index is 0.0828. The van der Waals surface area contributed by atoms with Crippen molar-refractivity contribution in [3.8, 4) is 5.75 Å². The summed E-state index contributed by atoms with van der Waals surface area (Å²) in [6, 6.07) is 16.3. The Labute approximate surface area is 176 Å². The standard InChI is InChI=1S/C22H14Cl2N2O3/c23-17-4-2-5-18(21(17)24)25-26-19-6-1-3-16(22(19)29)20(28)12-11-14-7-9-15(13-27)10-8-14/h1-13,29H/b12-11-,26-25?. The van der Waals surface area contributed by atoms with Crippen LogP contribution in [0.1, 0.15) is 26.3 Å². The van der Waals surface area contributed by atoms with Crippen molar-refractivity contribution >= 4 is 52.7 Å². The summed E-state index contributed by atoms with van der Waals surface area (Å²) < 4.78 is 0. The molecule has 0 saturated carbocycles. The summed E-state index contributed by atoms with van der Waals surface area (Å²) in [5, 5.41) is 19.0. The highest BCUT2D eigenvalue weighted by atomic mass is 35.5. The van der Waals surface area contributed by atoms with Gasteiger partial charge in [-0.3, -0.25) is 9.59 Å². The van der Waals surface area contributed by atoms with E-state index < -0.39 is 5.78 Å². The molecule has 0 aliphatic rings. The fourth-order valence-electron chi connectivity index (χ4n) is 2.44. The highest BCUT2D eigenvalue weighted by Crippen LogP contribution is 2.35. The smallest absolute Gasteiger partial charge is 0.189 e. The fourth-order valence-corrected chi connectivity index (χ4v) is 2.77. The number of hydrogen-bond acceptors (Lipinski definition) is 5. The van der Waals surface area contributed by atoms with Crippen LogP contribution >= 0.6 is 23.2 Å². The summed E-state index contributed by atoms with van der Waals surface area (Å²) in [6.45, 7) is 0. The number of aromatic hydroxyl groups is 1. The van der Waals surface area contributed by atoms with Crippen molar-refractivity contribution in [3.63, 3.8) is 0 Å². The van der Waals surface area contributed by atoms with Gasteiger partial charge >= 0.3 is 0 Å². The molecule has 7 heteroatoms. The number of azo groups is 1. The third-order valence-electron chi connectivity index (χ3n) is 3.98. The van der Waals surface area contributed by atoms with Crippen molar-refractivity contribution in [3.05, 3.63) is 93.5 Å². The van der Waals surface area contributed by atoms with Gasteiger partial charge in [0.2, 0.25) is 0 Å². The van der Waals surface area contributed by atoms with Crippen LogP contribution in [0.2, 0.25) is 10.0 Å². The summed E-state index contributed by atoms with van der Waals surface area (Å²) in [5.74, 6) is -0.694. The number of allylic oxidation sites excluding steroid dienone is 1. The first-order valence-corrected chi connectivity index (χ1v) is 9.20. The molecule has 29 heavy (non-hydrogen) atoms. The van der Waals surface area contributed by atoms with Gasteiger partial charge in [0, 0.05) is 5.56 Å². The number of carbonyl (C=O) groups excluding carboxylic acids is 2. The van der Waals surface area contributed by atoms with E-state index in [1.54, 1.807) is 54.6 Å². The van der Waals surface area contributed by atoms with Crippen molar-refractivity contribution in [2.45, 2.75) is 0 Å². The Hall–Kier alpha value is -3.28. The van der Waals surface area contributed by atoms with E-state index in [1.807, 2.05) is 0 Å². The van der Waals surface area contributed by atoms with Gasteiger partial charge in [-0.15, -0.1) is 10.2 Å². The maximum atomic E-state index is 12.5. The lowest BCUT2D eigenvalue weighted by Gasteiger charge is -2.04. The number of rotatable bonds is 6. The first kappa shape index (κ1) is 20.5. The van der Waals surface area contributed by atoms with Crippen LogP contribution in [0.15, 0.2) is 77.0 Å². The van der Waals surface area contributed by atoms with Crippen LogP contribution in [0.25, 0.3) is 6.08 Å². The molecule has 0 fully saturated rings. The average Bonchev–Trinajstić information content (AvgIpc) is 2.74. The number of benzene rings is 3. The minimum Gasteiger partial charge on any atom is -0.505 e. The minimum atomic E-state index is -0.403. The van der Waals surface area contributed by atoms with E-state index in [2.05, 4.69) is 10.2 Å². The van der Waals surface area contributed by atoms with Crippen LogP contribution in [-0.2, 0) is 0 Å². The quantitative estimate of drug-likeness (QED) is 0.204. The molecule has 0 bridgehead atoms. The predicted octanol–water partition coefficient (Wildman–Crippen LogP) is 6.82. The molecule has 0 aliphatic carbocycles. The summed E-state index contributed by atoms with van der Waals surface area (Å²) >= 11 is 12.0. The number of carbonyl (C=O) groups is 2. The summed E-state index contributed by atoms with van der Waals surface area (Å²) in [7, 11) is 0. The third kappa shape index (κ3) is 4.96. The fraction of sp³-hybridized carbons (Fsp3) is 0. The molecular weight excluding hydrogens is 411 g/mol. The molecule has 3 aromatic carbocycles. The molecule has 3 rings (SSSR count). The van der Waals surface area contributed by atoms with Crippen molar-refractivity contribution in [2.75, 3.05) is 0 Å². The van der Waals surface area contributed by atoms with E-state index in [1.165, 1.54) is 18.2 Å². The molecule has 3 aromatic rings. The number of nitrogens with zero attached hydrogens (tertiary/aromatic N) is 2. The number of aldehydes is 1. The van der Waals surface area contributed by atoms with Gasteiger partial charge in [0.05, 0.1) is 15.6 Å². The van der Waals surface area contributed by atoms with Crippen LogP contribution < -0.4 is 0 Å². The van der Waals surface area contributed by atoms with Crippen LogP contribution in [0.4, 0.5) is 11.4 Å². The third-order valence-corrected chi connectivity index (χ3v) is 4.79. The molecule has 0 heterocycles. The van der Waals surface area contributed by atoms with E-state index >= 15 is 0 Å². The highest BCUT2D eigenvalue weighted by molar-refractivity contribution is 6.43. The van der Waals surface area contributed by atoms with Gasteiger partial charge in [-0.2, -0.15) is 0 Å². The molecule has 0 unspecified atom stereocenters. The zero-order valence-electron chi connectivity index (χ0n) is 14.9. The van der Waals surface area contributed by atoms with E-state index in [0.717, 1.165) is 11.8 Å². The van der Waals surface area contributed by atoms with Crippen LogP contribution in [0.5, 0.6) is 5.75 Å². The zero-order chi connectivity index (χ0) is 20.8. The largest absolute Gasteiger partial charge is 0.505 e. The molecular formula is C22H14Cl2N2O3. The first-order chi connectivity index (χ1) is 14.0. The summed E-state index contributed by atoms with van der Waals surface area (Å²) in [5.41, 5.74) is 1.84. The van der Waals surface area contributed by atoms with E-state index in [4.69, 9.17) is 23.2 Å². The Morgan fingerprint density at radius 3 is 2.21 bits per heavy atom. The highest BCUT2D eigenvalue weighted by Gasteiger charge is 2.12. The van der Waals surface area contributed by atoms with Crippen molar-refractivity contribution < 1.29 is 14.7 Å². The average molecular weight is 425 g/mol. The van der Waals surface area contributed by atoms with Crippen molar-refractivity contribution in [1.29, 1.82) is 0 Å². The van der Waals surface area contributed by atoms with Gasteiger partial charge in [-0.1, -0.05) is 65.7 Å². The lowest BCUT2D eigenvalue weighted by Crippen LogP contribution is -1.94. The Kier molecular flexibility index (Phi) is 6.54. The molecule has 0 spiro atoms. The van der Waals surface area contributed by atoms with Gasteiger partial charge in [-0.05, 0) is 35.9 Å². The van der Waals surface area contributed by atoms with E-state index in [0.29, 0.717) is 16.3 Å². The summed E-state index contributed by atoms with van der Waals surface area (Å²) in [4.78, 5) is 23.2. The lowest BCUT2D eigenvalue weighted by atomic mass is 10.1. The number of para-hydroxylation sites is 1. The molecule has 144 valence electrons. The second kappa shape index (κ2) is 9.28. The van der Waals surface area contributed by atoms with Gasteiger partial charge in [-0.25, -0.2) is 0 Å². The maximum Gasteiger partial charge on any atom is 0.189 e. The van der Waals surface area contributed by atoms with E-state index in [-0.39, 0.29) is 22.0 Å². The van der Waals surface area contributed by atoms with Crippen LogP contribution in [0, 0.1) is 0 Å². The Morgan fingerprint density at radius 2 is 1.48 bits per heavy atom. The Bertz CT molecular complexity index is 1120. The number of phenolic OH excluding ortho intramolecular Hbond substituents is 1. The summed E-state index contributed by atoms with van der Waals surface area (Å²) in [6.07, 6.45) is 3.67. The molecule has 0 radical (unpaired) electrons. The van der Waals surface area contributed by atoms with Crippen LogP contribution in [0.3, 0.4) is 0 Å². The number of halogens is 2. The SMILES string of the molecule is O=Cc1ccc(/C=C\C(=O)c2cccc(N=Nc3cccc(Cl)c3Cl)c2O)cc1. The normalized spacial score (nSPS) is 11.2. The molecule has 1 N–H and O–H groups in total. The van der Waals surface area contributed by atoms with Gasteiger partial charge in [0.15, 0.2) is 11.5 Å². The lowest BCUT2D eigenvalue weighted by molar-refractivity contribution is 0.104. The number of phenols is 1. The van der Waals surface area contributed by atoms with Gasteiger partial charge in [0.25, 0.3) is 0 Å². The zero-order valence-corrected chi connectivity index (χ0v) is 16.4. The second-order valence-electron chi connectivity index (χ2n) is 5.93. The van der Waals surface area contributed by atoms with Crippen LogP contribution in [-0.4, -0.2) is 17.2 Å². The molecule has 0 saturated heterocycles. The molecule has 0 aliphatic heterocycles. The maximum absolute atomic E-state index is 12.5. The Morgan fingerprint density at radius 1 is 0.862 bits per heavy atom. The predicted molar refractivity (Wildman–Crippen MR) is 114 cm³/mol.